The zero-order chi connectivity index (χ0) is 20.1. The molecule has 7 heteroatoms. The van der Waals surface area contributed by atoms with Crippen molar-refractivity contribution in [1.82, 2.24) is 4.31 Å². The van der Waals surface area contributed by atoms with Gasteiger partial charge in [0, 0.05) is 13.1 Å². The van der Waals surface area contributed by atoms with Crippen LogP contribution in [0.4, 0.5) is 0 Å². The maximum Gasteiger partial charge on any atom is 0.343 e. The van der Waals surface area contributed by atoms with Gasteiger partial charge in [-0.25, -0.2) is 13.2 Å². The van der Waals surface area contributed by atoms with E-state index < -0.39 is 16.0 Å². The molecule has 0 aromatic heterocycles. The van der Waals surface area contributed by atoms with Crippen molar-refractivity contribution in [2.75, 3.05) is 26.3 Å². The number of carbonyl (C=O) groups is 1. The second-order valence-corrected chi connectivity index (χ2v) is 8.75. The molecule has 0 amide bonds. The average molecular weight is 404 g/mol. The predicted molar refractivity (Wildman–Crippen MR) is 106 cm³/mol. The molecule has 0 radical (unpaired) electrons. The molecule has 0 unspecified atom stereocenters. The maximum absolute atomic E-state index is 12.6. The van der Waals surface area contributed by atoms with Gasteiger partial charge in [-0.2, -0.15) is 4.31 Å². The van der Waals surface area contributed by atoms with Crippen molar-refractivity contribution in [3.63, 3.8) is 0 Å². The van der Waals surface area contributed by atoms with Crippen LogP contribution < -0.4 is 4.74 Å². The topological polar surface area (TPSA) is 72.9 Å². The Hall–Kier alpha value is -2.22. The van der Waals surface area contributed by atoms with Gasteiger partial charge in [-0.1, -0.05) is 26.0 Å². The Morgan fingerprint density at radius 3 is 2.25 bits per heavy atom. The molecule has 0 aliphatic carbocycles. The smallest absolute Gasteiger partial charge is 0.343 e. The Morgan fingerprint density at radius 2 is 1.68 bits per heavy atom. The molecular weight excluding hydrogens is 378 g/mol. The molecule has 0 N–H and O–H groups in total. The lowest BCUT2D eigenvalue weighted by molar-refractivity contribution is 0.0730. The van der Waals surface area contributed by atoms with E-state index in [2.05, 4.69) is 13.8 Å². The van der Waals surface area contributed by atoms with Crippen molar-refractivity contribution in [3.05, 3.63) is 59.7 Å². The summed E-state index contributed by atoms with van der Waals surface area (Å²) >= 11 is 0. The summed E-state index contributed by atoms with van der Waals surface area (Å²) < 4.78 is 37.2. The monoisotopic (exact) mass is 403 g/mol. The van der Waals surface area contributed by atoms with E-state index in [0.717, 1.165) is 6.42 Å². The number of carbonyl (C=O) groups excluding carboxylic acids is 1. The highest BCUT2D eigenvalue weighted by molar-refractivity contribution is 7.89. The summed E-state index contributed by atoms with van der Waals surface area (Å²) in [5, 5.41) is 0. The molecular formula is C21H25NO5S. The van der Waals surface area contributed by atoms with Crippen molar-refractivity contribution in [2.24, 2.45) is 0 Å². The molecule has 6 nitrogen and oxygen atoms in total. The second kappa shape index (κ2) is 8.86. The number of morpholine rings is 1. The Balaban J connectivity index is 1.68. The molecule has 3 rings (SSSR count). The van der Waals surface area contributed by atoms with Crippen LogP contribution in [0.1, 0.15) is 42.1 Å². The van der Waals surface area contributed by atoms with Gasteiger partial charge in [0.25, 0.3) is 0 Å². The summed E-state index contributed by atoms with van der Waals surface area (Å²) in [4.78, 5) is 12.5. The van der Waals surface area contributed by atoms with Gasteiger partial charge in [-0.3, -0.25) is 0 Å². The van der Waals surface area contributed by atoms with Gasteiger partial charge in [-0.15, -0.1) is 0 Å². The number of hydrogen-bond acceptors (Lipinski definition) is 5. The van der Waals surface area contributed by atoms with Crippen LogP contribution in [0.25, 0.3) is 0 Å². The van der Waals surface area contributed by atoms with Crippen LogP contribution in [0.15, 0.2) is 53.4 Å². The van der Waals surface area contributed by atoms with Crippen LogP contribution >= 0.6 is 0 Å². The molecule has 1 aliphatic heterocycles. The lowest BCUT2D eigenvalue weighted by Gasteiger charge is -2.26. The largest absolute Gasteiger partial charge is 0.423 e. The second-order valence-electron chi connectivity index (χ2n) is 6.81. The van der Waals surface area contributed by atoms with Gasteiger partial charge < -0.3 is 9.47 Å². The fraction of sp³-hybridized carbons (Fsp3) is 0.381. The van der Waals surface area contributed by atoms with Crippen LogP contribution in [0.2, 0.25) is 0 Å². The van der Waals surface area contributed by atoms with Crippen LogP contribution in [0.5, 0.6) is 5.75 Å². The molecule has 1 aliphatic rings. The molecule has 150 valence electrons. The van der Waals surface area contributed by atoms with Crippen molar-refractivity contribution in [3.8, 4) is 5.75 Å². The van der Waals surface area contributed by atoms with Gasteiger partial charge >= 0.3 is 5.97 Å². The fourth-order valence-electron chi connectivity index (χ4n) is 2.97. The third-order valence-corrected chi connectivity index (χ3v) is 6.88. The van der Waals surface area contributed by atoms with Crippen LogP contribution in [0.3, 0.4) is 0 Å². The van der Waals surface area contributed by atoms with Gasteiger partial charge in [-0.05, 0) is 54.3 Å². The molecule has 2 aromatic rings. The summed E-state index contributed by atoms with van der Waals surface area (Å²) in [6.45, 7) is 5.71. The van der Waals surface area contributed by atoms with Crippen molar-refractivity contribution in [2.45, 2.75) is 31.1 Å². The van der Waals surface area contributed by atoms with Gasteiger partial charge in [0.2, 0.25) is 10.0 Å². The first-order chi connectivity index (χ1) is 13.4. The number of nitrogens with zero attached hydrogens (tertiary/aromatic N) is 1. The zero-order valence-corrected chi connectivity index (χ0v) is 16.9. The number of sulfonamides is 1. The van der Waals surface area contributed by atoms with Crippen molar-refractivity contribution in [1.29, 1.82) is 0 Å². The first kappa shape index (κ1) is 20.5. The van der Waals surface area contributed by atoms with Gasteiger partial charge in [0.05, 0.1) is 23.7 Å². The molecule has 1 heterocycles. The average Bonchev–Trinajstić information content (AvgIpc) is 2.74. The molecule has 0 saturated carbocycles. The summed E-state index contributed by atoms with van der Waals surface area (Å²) in [6, 6.07) is 13.3. The normalized spacial score (nSPS) is 16.5. The summed E-state index contributed by atoms with van der Waals surface area (Å²) in [5.74, 6) is 0.388. The Bertz CT molecular complexity index is 901. The molecule has 28 heavy (non-hydrogen) atoms. The zero-order valence-electron chi connectivity index (χ0n) is 16.1. The summed E-state index contributed by atoms with van der Waals surface area (Å²) in [6.07, 6.45) is 1.04. The highest BCUT2D eigenvalue weighted by Gasteiger charge is 2.26. The minimum atomic E-state index is -3.58. The number of benzene rings is 2. The van der Waals surface area contributed by atoms with E-state index in [1.54, 1.807) is 12.1 Å². The molecule has 0 spiro atoms. The van der Waals surface area contributed by atoms with Gasteiger partial charge in [0.15, 0.2) is 0 Å². The predicted octanol–water partition coefficient (Wildman–Crippen LogP) is 3.44. The van der Waals surface area contributed by atoms with Crippen LogP contribution in [-0.4, -0.2) is 45.0 Å². The van der Waals surface area contributed by atoms with E-state index in [1.807, 2.05) is 12.1 Å². The molecule has 1 fully saturated rings. The number of esters is 1. The number of ether oxygens (including phenoxy) is 2. The Labute approximate surface area is 166 Å². The lowest BCUT2D eigenvalue weighted by atomic mass is 9.99. The first-order valence-electron chi connectivity index (χ1n) is 9.42. The van der Waals surface area contributed by atoms with E-state index in [9.17, 15) is 13.2 Å². The van der Waals surface area contributed by atoms with Gasteiger partial charge in [0.1, 0.15) is 5.75 Å². The number of rotatable bonds is 6. The Kier molecular flexibility index (Phi) is 6.49. The van der Waals surface area contributed by atoms with Crippen molar-refractivity contribution >= 4 is 16.0 Å². The van der Waals surface area contributed by atoms with E-state index in [-0.39, 0.29) is 4.90 Å². The highest BCUT2D eigenvalue weighted by Crippen LogP contribution is 2.23. The minimum absolute atomic E-state index is 0.156. The first-order valence-corrected chi connectivity index (χ1v) is 10.9. The quantitative estimate of drug-likeness (QED) is 0.546. The molecule has 0 bridgehead atoms. The summed E-state index contributed by atoms with van der Waals surface area (Å²) in [5.41, 5.74) is 1.49. The Morgan fingerprint density at radius 1 is 1.07 bits per heavy atom. The summed E-state index contributed by atoms with van der Waals surface area (Å²) in [7, 11) is -3.58. The third-order valence-electron chi connectivity index (χ3n) is 4.97. The van der Waals surface area contributed by atoms with Crippen LogP contribution in [-0.2, 0) is 14.8 Å². The lowest BCUT2D eigenvalue weighted by Crippen LogP contribution is -2.40. The highest BCUT2D eigenvalue weighted by atomic mass is 32.2. The van der Waals surface area contributed by atoms with Crippen molar-refractivity contribution < 1.29 is 22.7 Å². The standard InChI is InChI=1S/C21H25NO5S/c1-3-16(2)17-4-8-19(9-5-17)27-21(23)18-6-10-20(11-7-18)28(24,25)22-12-14-26-15-13-22/h4-11,16H,3,12-15H2,1-2H3/t16-/m0/s1. The SMILES string of the molecule is CC[C@H](C)c1ccc(OC(=O)c2ccc(S(=O)(=O)N3CCOCC3)cc2)cc1. The van der Waals surface area contributed by atoms with E-state index in [1.165, 1.54) is 34.1 Å². The fourth-order valence-corrected chi connectivity index (χ4v) is 4.37. The molecule has 1 saturated heterocycles. The minimum Gasteiger partial charge on any atom is -0.423 e. The molecule has 2 aromatic carbocycles. The third kappa shape index (κ3) is 4.60. The molecule has 1 atom stereocenters. The van der Waals surface area contributed by atoms with Crippen LogP contribution in [0, 0.1) is 0 Å². The van der Waals surface area contributed by atoms with E-state index in [4.69, 9.17) is 9.47 Å². The maximum atomic E-state index is 12.6. The van der Waals surface area contributed by atoms with E-state index in [0.29, 0.717) is 43.5 Å². The van der Waals surface area contributed by atoms with E-state index >= 15 is 0 Å². The number of hydrogen-bond donors (Lipinski definition) is 0.